The van der Waals surface area contributed by atoms with Crippen LogP contribution in [0.15, 0.2) is 59.4 Å². The Balaban J connectivity index is 1.54. The smallest absolute Gasteiger partial charge is 0.133 e. The van der Waals surface area contributed by atoms with Crippen molar-refractivity contribution < 1.29 is 0 Å². The first-order valence-electron chi connectivity index (χ1n) is 8.27. The Labute approximate surface area is 137 Å². The third-order valence-corrected chi connectivity index (χ3v) is 4.63. The van der Waals surface area contributed by atoms with Gasteiger partial charge >= 0.3 is 0 Å². The topological polar surface area (TPSA) is 39.7 Å². The molecule has 0 saturated carbocycles. The van der Waals surface area contributed by atoms with Gasteiger partial charge < -0.3 is 15.5 Å². The molecule has 0 aliphatic carbocycles. The van der Waals surface area contributed by atoms with E-state index in [4.69, 9.17) is 4.99 Å². The van der Waals surface area contributed by atoms with E-state index in [-0.39, 0.29) is 0 Å². The Morgan fingerprint density at radius 1 is 1.22 bits per heavy atom. The highest BCUT2D eigenvalue weighted by Crippen LogP contribution is 2.27. The monoisotopic (exact) mass is 306 g/mol. The summed E-state index contributed by atoms with van der Waals surface area (Å²) in [6.45, 7) is 5.14. The summed E-state index contributed by atoms with van der Waals surface area (Å²) in [5.41, 5.74) is 4.85. The Morgan fingerprint density at radius 2 is 2.09 bits per heavy atom. The van der Waals surface area contributed by atoms with Crippen LogP contribution in [0.3, 0.4) is 0 Å². The van der Waals surface area contributed by atoms with E-state index in [9.17, 15) is 0 Å². The summed E-state index contributed by atoms with van der Waals surface area (Å²) in [7, 11) is 0. The van der Waals surface area contributed by atoms with Crippen molar-refractivity contribution in [2.75, 3.05) is 25.0 Å². The van der Waals surface area contributed by atoms with Gasteiger partial charge in [-0.05, 0) is 49.7 Å². The van der Waals surface area contributed by atoms with Crippen LogP contribution >= 0.6 is 0 Å². The standard InChI is InChI=1S/C19H22N4/c1-14-18(13-23-11-3-2-4-19(23)21-14)15-5-7-16(8-6-15)22-17-9-10-20-12-17/h2-8,11,17,20,22H,9-10,12-13H2,1H3/t17-/m1/s1. The molecule has 3 heterocycles. The van der Waals surface area contributed by atoms with Crippen molar-refractivity contribution in [2.45, 2.75) is 19.4 Å². The van der Waals surface area contributed by atoms with E-state index in [2.05, 4.69) is 65.1 Å². The molecule has 4 nitrogen and oxygen atoms in total. The molecule has 0 amide bonds. The zero-order valence-electron chi connectivity index (χ0n) is 13.4. The third-order valence-electron chi connectivity index (χ3n) is 4.63. The summed E-state index contributed by atoms with van der Waals surface area (Å²) in [6, 6.07) is 9.31. The Kier molecular flexibility index (Phi) is 3.75. The Hall–Kier alpha value is -2.33. The third kappa shape index (κ3) is 2.94. The fourth-order valence-corrected chi connectivity index (χ4v) is 3.31. The highest BCUT2D eigenvalue weighted by Gasteiger charge is 2.19. The van der Waals surface area contributed by atoms with Crippen molar-refractivity contribution in [2.24, 2.45) is 4.99 Å². The average Bonchev–Trinajstić information content (AvgIpc) is 3.08. The van der Waals surface area contributed by atoms with Gasteiger partial charge in [-0.3, -0.25) is 0 Å². The first kappa shape index (κ1) is 14.3. The SMILES string of the molecule is CC1=C(c2ccc(N[C@@H]3CCNC3)cc2)CN2C=CC=CC2=N1. The Bertz CT molecular complexity index is 703. The van der Waals surface area contributed by atoms with E-state index in [1.54, 1.807) is 0 Å². The predicted octanol–water partition coefficient (Wildman–Crippen LogP) is 2.99. The van der Waals surface area contributed by atoms with Gasteiger partial charge in [0.1, 0.15) is 5.84 Å². The van der Waals surface area contributed by atoms with Crippen molar-refractivity contribution >= 4 is 17.1 Å². The molecular formula is C19H22N4. The van der Waals surface area contributed by atoms with Crippen molar-refractivity contribution in [1.29, 1.82) is 0 Å². The molecular weight excluding hydrogens is 284 g/mol. The van der Waals surface area contributed by atoms with E-state index in [0.29, 0.717) is 6.04 Å². The van der Waals surface area contributed by atoms with Crippen molar-refractivity contribution in [1.82, 2.24) is 10.2 Å². The first-order valence-corrected chi connectivity index (χ1v) is 8.27. The van der Waals surface area contributed by atoms with Gasteiger partial charge in [0.05, 0.1) is 6.54 Å². The number of nitrogens with one attached hydrogen (secondary N) is 2. The number of aliphatic imine (C=N–C) groups is 1. The number of benzene rings is 1. The minimum Gasteiger partial charge on any atom is -0.381 e. The van der Waals surface area contributed by atoms with Gasteiger partial charge in [0.25, 0.3) is 0 Å². The molecule has 1 aromatic carbocycles. The van der Waals surface area contributed by atoms with Crippen molar-refractivity contribution in [3.8, 4) is 0 Å². The van der Waals surface area contributed by atoms with Gasteiger partial charge in [-0.1, -0.05) is 18.2 Å². The summed E-state index contributed by atoms with van der Waals surface area (Å²) in [5.74, 6) is 1.03. The molecule has 23 heavy (non-hydrogen) atoms. The second-order valence-electron chi connectivity index (χ2n) is 6.27. The highest BCUT2D eigenvalue weighted by atomic mass is 15.2. The van der Waals surface area contributed by atoms with Gasteiger partial charge in [0.15, 0.2) is 0 Å². The van der Waals surface area contributed by atoms with E-state index >= 15 is 0 Å². The van der Waals surface area contributed by atoms with Crippen molar-refractivity contribution in [3.63, 3.8) is 0 Å². The van der Waals surface area contributed by atoms with Crippen molar-refractivity contribution in [3.05, 3.63) is 60.0 Å². The number of hydrogen-bond donors (Lipinski definition) is 2. The summed E-state index contributed by atoms with van der Waals surface area (Å²) >= 11 is 0. The normalized spacial score (nSPS) is 23.1. The fraction of sp³-hybridized carbons (Fsp3) is 0.316. The molecule has 1 saturated heterocycles. The lowest BCUT2D eigenvalue weighted by atomic mass is 10.0. The number of allylic oxidation sites excluding steroid dienone is 3. The van der Waals surface area contributed by atoms with Crippen LogP contribution < -0.4 is 10.6 Å². The van der Waals surface area contributed by atoms with E-state index < -0.39 is 0 Å². The predicted molar refractivity (Wildman–Crippen MR) is 96.4 cm³/mol. The lowest BCUT2D eigenvalue weighted by molar-refractivity contribution is 0.619. The highest BCUT2D eigenvalue weighted by molar-refractivity contribution is 5.98. The van der Waals surface area contributed by atoms with Gasteiger partial charge in [0, 0.05) is 35.7 Å². The van der Waals surface area contributed by atoms with Crippen LogP contribution in [-0.4, -0.2) is 36.4 Å². The summed E-state index contributed by atoms with van der Waals surface area (Å²) in [5, 5.41) is 6.98. The maximum absolute atomic E-state index is 4.73. The van der Waals surface area contributed by atoms with Crippen LogP contribution in [0.25, 0.3) is 5.57 Å². The summed E-state index contributed by atoms with van der Waals surface area (Å²) in [4.78, 5) is 6.92. The molecule has 0 unspecified atom stereocenters. The number of amidine groups is 1. The molecule has 118 valence electrons. The lowest BCUT2D eigenvalue weighted by Gasteiger charge is -2.28. The van der Waals surface area contributed by atoms with Crippen LogP contribution in [0.5, 0.6) is 0 Å². The second kappa shape index (κ2) is 6.05. The van der Waals surface area contributed by atoms with Crippen LogP contribution in [0.2, 0.25) is 0 Å². The van der Waals surface area contributed by atoms with Gasteiger partial charge in [-0.25, -0.2) is 4.99 Å². The maximum Gasteiger partial charge on any atom is 0.133 e. The van der Waals surface area contributed by atoms with Gasteiger partial charge in [-0.2, -0.15) is 0 Å². The summed E-state index contributed by atoms with van der Waals surface area (Å²) in [6.07, 6.45) is 9.43. The number of fused-ring (bicyclic) bond motifs is 1. The molecule has 3 aliphatic heterocycles. The molecule has 4 rings (SSSR count). The molecule has 0 radical (unpaired) electrons. The summed E-state index contributed by atoms with van der Waals surface area (Å²) < 4.78 is 0. The molecule has 2 N–H and O–H groups in total. The average molecular weight is 306 g/mol. The van der Waals surface area contributed by atoms with Crippen LogP contribution in [0.1, 0.15) is 18.9 Å². The number of hydrogen-bond acceptors (Lipinski definition) is 4. The van der Waals surface area contributed by atoms with Crippen LogP contribution in [0, 0.1) is 0 Å². The largest absolute Gasteiger partial charge is 0.381 e. The fourth-order valence-electron chi connectivity index (χ4n) is 3.31. The molecule has 1 aromatic rings. The molecule has 0 aromatic heterocycles. The molecule has 4 heteroatoms. The Morgan fingerprint density at radius 3 is 2.87 bits per heavy atom. The number of nitrogens with zero attached hydrogens (tertiary/aromatic N) is 2. The quantitative estimate of drug-likeness (QED) is 0.902. The first-order chi connectivity index (χ1) is 11.3. The lowest BCUT2D eigenvalue weighted by Crippen LogP contribution is -2.30. The zero-order valence-corrected chi connectivity index (χ0v) is 13.4. The van der Waals surface area contributed by atoms with E-state index in [1.165, 1.54) is 23.2 Å². The molecule has 0 bridgehead atoms. The van der Waals surface area contributed by atoms with Crippen LogP contribution in [0.4, 0.5) is 5.69 Å². The second-order valence-corrected chi connectivity index (χ2v) is 6.27. The zero-order chi connectivity index (χ0) is 15.6. The van der Waals surface area contributed by atoms with Gasteiger partial charge in [-0.15, -0.1) is 0 Å². The van der Waals surface area contributed by atoms with Crippen LogP contribution in [-0.2, 0) is 0 Å². The van der Waals surface area contributed by atoms with E-state index in [1.807, 2.05) is 6.08 Å². The molecule has 1 fully saturated rings. The molecule has 0 spiro atoms. The minimum absolute atomic E-state index is 0.550. The number of rotatable bonds is 3. The molecule has 3 aliphatic rings. The maximum atomic E-state index is 4.73. The van der Waals surface area contributed by atoms with E-state index in [0.717, 1.165) is 31.2 Å². The number of anilines is 1. The van der Waals surface area contributed by atoms with Gasteiger partial charge in [0.2, 0.25) is 0 Å². The molecule has 1 atom stereocenters. The minimum atomic E-state index is 0.550.